The van der Waals surface area contributed by atoms with Gasteiger partial charge in [-0.05, 0) is 31.0 Å². The Labute approximate surface area is 161 Å². The number of amides is 2. The second kappa shape index (κ2) is 7.23. The molecule has 2 aromatic carbocycles. The maximum Gasteiger partial charge on any atom is 0.305 e. The van der Waals surface area contributed by atoms with Gasteiger partial charge in [0.2, 0.25) is 5.91 Å². The molecule has 2 amide bonds. The average Bonchev–Trinajstić information content (AvgIpc) is 3.27. The standard InChI is InChI=1S/C22H20N2O4/c1-3-14-8-9-17-15(12-27-19(17)10-14)11-20(25)23-24-22(26)21-13(2)16-6-4-5-7-18(16)28-21/h4-10,12H,3,11H2,1-2H3,(H,23,25)(H,24,26). The predicted molar refractivity (Wildman–Crippen MR) is 106 cm³/mol. The summed E-state index contributed by atoms with van der Waals surface area (Å²) >= 11 is 0. The van der Waals surface area contributed by atoms with Gasteiger partial charge in [-0.15, -0.1) is 0 Å². The fraction of sp³-hybridized carbons (Fsp3) is 0.182. The Bertz CT molecular complexity index is 1190. The van der Waals surface area contributed by atoms with E-state index in [0.717, 1.165) is 33.9 Å². The molecule has 0 aliphatic heterocycles. The van der Waals surface area contributed by atoms with Crippen LogP contribution in [0.4, 0.5) is 0 Å². The lowest BCUT2D eigenvalue weighted by atomic mass is 10.1. The molecule has 28 heavy (non-hydrogen) atoms. The molecule has 6 heteroatoms. The normalized spacial score (nSPS) is 11.1. The molecule has 142 valence electrons. The maximum absolute atomic E-state index is 12.4. The fourth-order valence-electron chi connectivity index (χ4n) is 3.28. The van der Waals surface area contributed by atoms with Crippen LogP contribution in [0.25, 0.3) is 21.9 Å². The Hall–Kier alpha value is -3.54. The van der Waals surface area contributed by atoms with E-state index in [0.29, 0.717) is 5.58 Å². The summed E-state index contributed by atoms with van der Waals surface area (Å²) in [6.45, 7) is 3.88. The molecule has 2 N–H and O–H groups in total. The number of carbonyl (C=O) groups excluding carboxylic acids is 2. The molecule has 0 spiro atoms. The Kier molecular flexibility index (Phi) is 4.61. The molecule has 0 bridgehead atoms. The summed E-state index contributed by atoms with van der Waals surface area (Å²) in [5, 5.41) is 1.77. The zero-order chi connectivity index (χ0) is 19.7. The Balaban J connectivity index is 1.43. The Morgan fingerprint density at radius 1 is 1.00 bits per heavy atom. The van der Waals surface area contributed by atoms with Crippen LogP contribution in [0.1, 0.15) is 34.2 Å². The van der Waals surface area contributed by atoms with Gasteiger partial charge in [0, 0.05) is 21.9 Å². The number of benzene rings is 2. The van der Waals surface area contributed by atoms with E-state index >= 15 is 0 Å². The number of hydrogen-bond donors (Lipinski definition) is 2. The van der Waals surface area contributed by atoms with Gasteiger partial charge < -0.3 is 8.83 Å². The molecule has 0 aliphatic rings. The van der Waals surface area contributed by atoms with Gasteiger partial charge in [-0.25, -0.2) is 0 Å². The van der Waals surface area contributed by atoms with Crippen LogP contribution in [0.15, 0.2) is 57.6 Å². The number of hydrogen-bond acceptors (Lipinski definition) is 4. The van der Waals surface area contributed by atoms with Gasteiger partial charge in [0.1, 0.15) is 11.2 Å². The minimum atomic E-state index is -0.494. The lowest BCUT2D eigenvalue weighted by Gasteiger charge is -2.06. The summed E-state index contributed by atoms with van der Waals surface area (Å²) in [5.41, 5.74) is 8.91. The third-order valence-corrected chi connectivity index (χ3v) is 4.84. The number of carbonyl (C=O) groups is 2. The molecular weight excluding hydrogens is 356 g/mol. The van der Waals surface area contributed by atoms with Crippen molar-refractivity contribution in [3.63, 3.8) is 0 Å². The summed E-state index contributed by atoms with van der Waals surface area (Å²) in [6.07, 6.45) is 2.59. The van der Waals surface area contributed by atoms with Gasteiger partial charge in [0.15, 0.2) is 5.76 Å². The summed E-state index contributed by atoms with van der Waals surface area (Å²) in [4.78, 5) is 24.7. The van der Waals surface area contributed by atoms with Crippen molar-refractivity contribution in [2.45, 2.75) is 26.7 Å². The lowest BCUT2D eigenvalue weighted by Crippen LogP contribution is -2.42. The number of rotatable bonds is 4. The zero-order valence-corrected chi connectivity index (χ0v) is 15.7. The highest BCUT2D eigenvalue weighted by molar-refractivity contribution is 5.99. The molecule has 0 unspecified atom stereocenters. The van der Waals surface area contributed by atoms with Gasteiger partial charge in [-0.3, -0.25) is 20.4 Å². The smallest absolute Gasteiger partial charge is 0.305 e. The lowest BCUT2D eigenvalue weighted by molar-refractivity contribution is -0.121. The van der Waals surface area contributed by atoms with E-state index in [2.05, 4.69) is 17.8 Å². The van der Waals surface area contributed by atoms with Crippen molar-refractivity contribution in [2.75, 3.05) is 0 Å². The van der Waals surface area contributed by atoms with Gasteiger partial charge in [-0.2, -0.15) is 0 Å². The quantitative estimate of drug-likeness (QED) is 0.526. The molecule has 0 saturated carbocycles. The van der Waals surface area contributed by atoms with Crippen LogP contribution in [0.2, 0.25) is 0 Å². The molecule has 4 rings (SSSR count). The van der Waals surface area contributed by atoms with Crippen LogP contribution in [0, 0.1) is 6.92 Å². The van der Waals surface area contributed by atoms with E-state index in [1.807, 2.05) is 43.3 Å². The van der Waals surface area contributed by atoms with E-state index in [9.17, 15) is 9.59 Å². The Morgan fingerprint density at radius 2 is 1.82 bits per heavy atom. The van der Waals surface area contributed by atoms with Crippen LogP contribution < -0.4 is 10.9 Å². The summed E-state index contributed by atoms with van der Waals surface area (Å²) in [5.74, 6) is -0.654. The molecule has 2 heterocycles. The molecule has 0 saturated heterocycles. The molecule has 2 aromatic heterocycles. The topological polar surface area (TPSA) is 84.5 Å². The van der Waals surface area contributed by atoms with E-state index < -0.39 is 5.91 Å². The third kappa shape index (κ3) is 3.24. The number of nitrogens with one attached hydrogen (secondary N) is 2. The van der Waals surface area contributed by atoms with Crippen molar-refractivity contribution in [1.29, 1.82) is 0 Å². The number of para-hydroxylation sites is 1. The number of fused-ring (bicyclic) bond motifs is 2. The van der Waals surface area contributed by atoms with Gasteiger partial charge in [0.25, 0.3) is 0 Å². The first-order chi connectivity index (χ1) is 13.6. The van der Waals surface area contributed by atoms with Crippen molar-refractivity contribution in [1.82, 2.24) is 10.9 Å². The van der Waals surface area contributed by atoms with Crippen molar-refractivity contribution in [3.8, 4) is 0 Å². The van der Waals surface area contributed by atoms with Crippen LogP contribution in [0.3, 0.4) is 0 Å². The second-order valence-electron chi connectivity index (χ2n) is 6.68. The maximum atomic E-state index is 12.4. The van der Waals surface area contributed by atoms with Gasteiger partial charge in [-0.1, -0.05) is 37.3 Å². The molecule has 4 aromatic rings. The number of aryl methyl sites for hydroxylation is 2. The van der Waals surface area contributed by atoms with Gasteiger partial charge >= 0.3 is 5.91 Å². The van der Waals surface area contributed by atoms with E-state index in [1.165, 1.54) is 5.56 Å². The van der Waals surface area contributed by atoms with E-state index in [4.69, 9.17) is 8.83 Å². The Morgan fingerprint density at radius 3 is 2.61 bits per heavy atom. The first-order valence-corrected chi connectivity index (χ1v) is 9.13. The third-order valence-electron chi connectivity index (χ3n) is 4.84. The van der Waals surface area contributed by atoms with Crippen LogP contribution in [-0.4, -0.2) is 11.8 Å². The van der Waals surface area contributed by atoms with Crippen molar-refractivity contribution in [3.05, 3.63) is 71.2 Å². The molecule has 0 aliphatic carbocycles. The van der Waals surface area contributed by atoms with E-state index in [1.54, 1.807) is 12.3 Å². The van der Waals surface area contributed by atoms with Crippen LogP contribution in [0.5, 0.6) is 0 Å². The highest BCUT2D eigenvalue weighted by atomic mass is 16.3. The first kappa shape index (κ1) is 17.9. The minimum absolute atomic E-state index is 0.0951. The molecule has 6 nitrogen and oxygen atoms in total. The average molecular weight is 376 g/mol. The fourth-order valence-corrected chi connectivity index (χ4v) is 3.28. The first-order valence-electron chi connectivity index (χ1n) is 9.13. The minimum Gasteiger partial charge on any atom is -0.464 e. The molecule has 0 fully saturated rings. The predicted octanol–water partition coefficient (Wildman–Crippen LogP) is 4.05. The summed E-state index contributed by atoms with van der Waals surface area (Å²) in [6, 6.07) is 13.4. The van der Waals surface area contributed by atoms with Crippen molar-refractivity contribution < 1.29 is 18.4 Å². The molecule has 0 radical (unpaired) electrons. The van der Waals surface area contributed by atoms with Crippen molar-refractivity contribution >= 4 is 33.8 Å². The summed E-state index contributed by atoms with van der Waals surface area (Å²) in [7, 11) is 0. The summed E-state index contributed by atoms with van der Waals surface area (Å²) < 4.78 is 11.2. The second-order valence-corrected chi connectivity index (χ2v) is 6.68. The highest BCUT2D eigenvalue weighted by Gasteiger charge is 2.18. The molecular formula is C22H20N2O4. The monoisotopic (exact) mass is 376 g/mol. The highest BCUT2D eigenvalue weighted by Crippen LogP contribution is 2.25. The van der Waals surface area contributed by atoms with Crippen LogP contribution in [-0.2, 0) is 17.6 Å². The van der Waals surface area contributed by atoms with Crippen LogP contribution >= 0.6 is 0 Å². The largest absolute Gasteiger partial charge is 0.464 e. The van der Waals surface area contributed by atoms with E-state index in [-0.39, 0.29) is 18.1 Å². The number of furan rings is 2. The number of hydrazine groups is 1. The zero-order valence-electron chi connectivity index (χ0n) is 15.7. The SMILES string of the molecule is CCc1ccc2c(CC(=O)NNC(=O)c3oc4ccccc4c3C)coc2c1. The van der Waals surface area contributed by atoms with Crippen molar-refractivity contribution in [2.24, 2.45) is 0 Å². The molecule has 0 atom stereocenters. The van der Waals surface area contributed by atoms with Gasteiger partial charge in [0.05, 0.1) is 12.7 Å².